The molecule has 4 rings (SSSR count). The number of aliphatic hydroxyl groups is 1. The van der Waals surface area contributed by atoms with E-state index in [1.807, 2.05) is 0 Å². The van der Waals surface area contributed by atoms with E-state index in [4.69, 9.17) is 5.11 Å². The average Bonchev–Trinajstić information content (AvgIpc) is 3.02. The van der Waals surface area contributed by atoms with Gasteiger partial charge in [-0.05, 0) is 6.42 Å². The zero-order valence-electron chi connectivity index (χ0n) is 13.8. The number of ketones is 2. The third-order valence-electron chi connectivity index (χ3n) is 4.86. The first-order chi connectivity index (χ1) is 12.5. The topological polar surface area (TPSA) is 104 Å². The van der Waals surface area contributed by atoms with E-state index in [0.717, 1.165) is 11.8 Å². The van der Waals surface area contributed by atoms with E-state index in [2.05, 4.69) is 5.32 Å². The minimum Gasteiger partial charge on any atom is -0.396 e. The van der Waals surface area contributed by atoms with Crippen LogP contribution in [-0.4, -0.2) is 64.4 Å². The Morgan fingerprint density at radius 3 is 2.50 bits per heavy atom. The fourth-order valence-corrected chi connectivity index (χ4v) is 5.04. The first-order valence-electron chi connectivity index (χ1n) is 8.27. The summed E-state index contributed by atoms with van der Waals surface area (Å²) in [5.41, 5.74) is -0.844. The van der Waals surface area contributed by atoms with E-state index in [1.54, 1.807) is 24.3 Å². The molecule has 8 heteroatoms. The van der Waals surface area contributed by atoms with Gasteiger partial charge in [-0.15, -0.1) is 11.8 Å². The standard InChI is InChI=1S/C18H16N2O5S/c21-7-3-6-20-8-12(22)19-18(17(20)25)9-26-16-13(18)14(23)10-4-1-2-5-11(10)15(16)24/h1-2,4-5,21H,3,6-9H2,(H,19,22). The van der Waals surface area contributed by atoms with Crippen molar-refractivity contribution in [3.8, 4) is 0 Å². The maximum Gasteiger partial charge on any atom is 0.254 e. The predicted octanol–water partition coefficient (Wildman–Crippen LogP) is 0.146. The van der Waals surface area contributed by atoms with E-state index in [9.17, 15) is 19.2 Å². The van der Waals surface area contributed by atoms with Crippen molar-refractivity contribution in [2.75, 3.05) is 25.4 Å². The van der Waals surface area contributed by atoms with Crippen molar-refractivity contribution < 1.29 is 24.3 Å². The molecule has 1 atom stereocenters. The lowest BCUT2D eigenvalue weighted by Crippen LogP contribution is -2.69. The maximum absolute atomic E-state index is 13.1. The Morgan fingerprint density at radius 2 is 1.81 bits per heavy atom. The second-order valence-corrected chi connectivity index (χ2v) is 7.44. The van der Waals surface area contributed by atoms with Gasteiger partial charge in [-0.1, -0.05) is 24.3 Å². The summed E-state index contributed by atoms with van der Waals surface area (Å²) in [6.45, 7) is -0.00498. The van der Waals surface area contributed by atoms with Crippen LogP contribution in [0.4, 0.5) is 0 Å². The molecule has 7 nitrogen and oxygen atoms in total. The summed E-state index contributed by atoms with van der Waals surface area (Å²) in [7, 11) is 0. The Labute approximate surface area is 153 Å². The predicted molar refractivity (Wildman–Crippen MR) is 93.7 cm³/mol. The monoisotopic (exact) mass is 372 g/mol. The molecule has 1 spiro atoms. The molecule has 1 aromatic rings. The molecule has 134 valence electrons. The van der Waals surface area contributed by atoms with Crippen molar-refractivity contribution in [3.63, 3.8) is 0 Å². The summed E-state index contributed by atoms with van der Waals surface area (Å²) in [4.78, 5) is 52.9. The molecule has 2 aliphatic heterocycles. The SMILES string of the molecule is O=C1CN(CCCO)C(=O)C2(CSC3=C2C(=O)c2ccccc2C3=O)N1. The number of benzene rings is 1. The molecule has 2 N–H and O–H groups in total. The van der Waals surface area contributed by atoms with Crippen molar-refractivity contribution in [3.05, 3.63) is 45.9 Å². The molecule has 1 aliphatic carbocycles. The van der Waals surface area contributed by atoms with Crippen LogP contribution < -0.4 is 5.32 Å². The number of nitrogens with one attached hydrogen (secondary N) is 1. The van der Waals surface area contributed by atoms with E-state index < -0.39 is 17.2 Å². The number of thioether (sulfide) groups is 1. The number of allylic oxidation sites excluding steroid dienone is 1. The van der Waals surface area contributed by atoms with Crippen LogP contribution in [0.25, 0.3) is 0 Å². The van der Waals surface area contributed by atoms with Crippen LogP contribution in [0.15, 0.2) is 34.7 Å². The molecule has 2 amide bonds. The third kappa shape index (κ3) is 2.25. The Bertz CT molecular complexity index is 893. The summed E-state index contributed by atoms with van der Waals surface area (Å²) in [5, 5.41) is 11.7. The largest absolute Gasteiger partial charge is 0.396 e. The maximum atomic E-state index is 13.1. The number of amides is 2. The van der Waals surface area contributed by atoms with Crippen LogP contribution in [0.5, 0.6) is 0 Å². The number of aliphatic hydroxyl groups excluding tert-OH is 1. The van der Waals surface area contributed by atoms with Gasteiger partial charge >= 0.3 is 0 Å². The number of fused-ring (bicyclic) bond motifs is 2. The lowest BCUT2D eigenvalue weighted by Gasteiger charge is -2.40. The molecule has 1 fully saturated rings. The highest BCUT2D eigenvalue weighted by Gasteiger charge is 2.58. The third-order valence-corrected chi connectivity index (χ3v) is 6.12. The zero-order valence-corrected chi connectivity index (χ0v) is 14.6. The quantitative estimate of drug-likeness (QED) is 0.783. The Kier molecular flexibility index (Phi) is 3.96. The van der Waals surface area contributed by atoms with Crippen molar-refractivity contribution >= 4 is 35.1 Å². The molecule has 0 bridgehead atoms. The lowest BCUT2D eigenvalue weighted by atomic mass is 9.78. The van der Waals surface area contributed by atoms with E-state index >= 15 is 0 Å². The van der Waals surface area contributed by atoms with Gasteiger partial charge in [-0.25, -0.2) is 0 Å². The number of carbonyl (C=O) groups is 4. The molecule has 1 aromatic carbocycles. The lowest BCUT2D eigenvalue weighted by molar-refractivity contribution is -0.147. The molecule has 1 unspecified atom stereocenters. The number of piperazine rings is 1. The summed E-state index contributed by atoms with van der Waals surface area (Å²) in [6.07, 6.45) is 0.337. The van der Waals surface area contributed by atoms with Gasteiger partial charge in [-0.3, -0.25) is 19.2 Å². The Morgan fingerprint density at radius 1 is 1.12 bits per heavy atom. The number of hydrogen-bond acceptors (Lipinski definition) is 6. The molecule has 2 heterocycles. The van der Waals surface area contributed by atoms with Crippen LogP contribution in [0.3, 0.4) is 0 Å². The van der Waals surface area contributed by atoms with Gasteiger partial charge in [0.1, 0.15) is 0 Å². The second kappa shape index (κ2) is 6.07. The highest BCUT2D eigenvalue weighted by Crippen LogP contribution is 2.46. The van der Waals surface area contributed by atoms with Crippen molar-refractivity contribution in [1.29, 1.82) is 0 Å². The fourth-order valence-electron chi connectivity index (χ4n) is 3.69. The Hall–Kier alpha value is -2.45. The highest BCUT2D eigenvalue weighted by molar-refractivity contribution is 8.04. The molecule has 26 heavy (non-hydrogen) atoms. The molecule has 0 saturated carbocycles. The first kappa shape index (κ1) is 17.0. The van der Waals surface area contributed by atoms with Crippen LogP contribution in [0.1, 0.15) is 27.1 Å². The van der Waals surface area contributed by atoms with Crippen molar-refractivity contribution in [2.45, 2.75) is 12.0 Å². The molecule has 0 aromatic heterocycles. The normalized spacial score (nSPS) is 24.9. The van der Waals surface area contributed by atoms with Crippen molar-refractivity contribution in [1.82, 2.24) is 10.2 Å². The van der Waals surface area contributed by atoms with Gasteiger partial charge < -0.3 is 15.3 Å². The molecular weight excluding hydrogens is 356 g/mol. The van der Waals surface area contributed by atoms with Crippen LogP contribution >= 0.6 is 11.8 Å². The van der Waals surface area contributed by atoms with Gasteiger partial charge in [0.15, 0.2) is 11.3 Å². The fraction of sp³-hybridized carbons (Fsp3) is 0.333. The molecular formula is C18H16N2O5S. The van der Waals surface area contributed by atoms with E-state index in [1.165, 1.54) is 4.90 Å². The summed E-state index contributed by atoms with van der Waals surface area (Å²) in [5.74, 6) is -1.34. The highest BCUT2D eigenvalue weighted by atomic mass is 32.2. The smallest absolute Gasteiger partial charge is 0.254 e. The number of Topliss-reactive ketones (excluding diaryl/α,β-unsaturated/α-hetero) is 2. The summed E-state index contributed by atoms with van der Waals surface area (Å²) in [6, 6.07) is 6.52. The minimum absolute atomic E-state index is 0.0817. The van der Waals surface area contributed by atoms with Crippen LogP contribution in [-0.2, 0) is 9.59 Å². The van der Waals surface area contributed by atoms with Crippen LogP contribution in [0.2, 0.25) is 0 Å². The summed E-state index contributed by atoms with van der Waals surface area (Å²) < 4.78 is 0. The Balaban J connectivity index is 1.81. The zero-order chi connectivity index (χ0) is 18.5. The number of hydrogen-bond donors (Lipinski definition) is 2. The van der Waals surface area contributed by atoms with Gasteiger partial charge in [-0.2, -0.15) is 0 Å². The van der Waals surface area contributed by atoms with E-state index in [0.29, 0.717) is 12.0 Å². The average molecular weight is 372 g/mol. The molecule has 1 saturated heterocycles. The van der Waals surface area contributed by atoms with Gasteiger partial charge in [0.05, 0.1) is 17.0 Å². The molecule has 0 radical (unpaired) electrons. The number of carbonyl (C=O) groups excluding carboxylic acids is 4. The number of rotatable bonds is 3. The van der Waals surface area contributed by atoms with Gasteiger partial charge in [0.25, 0.3) is 5.91 Å². The van der Waals surface area contributed by atoms with Gasteiger partial charge in [0, 0.05) is 30.0 Å². The molecule has 3 aliphatic rings. The van der Waals surface area contributed by atoms with Gasteiger partial charge in [0.2, 0.25) is 11.7 Å². The minimum atomic E-state index is -1.51. The second-order valence-electron chi connectivity index (χ2n) is 6.45. The van der Waals surface area contributed by atoms with E-state index in [-0.39, 0.29) is 53.2 Å². The van der Waals surface area contributed by atoms with Crippen LogP contribution in [0, 0.1) is 0 Å². The number of nitrogens with zero attached hydrogens (tertiary/aromatic N) is 1. The first-order valence-corrected chi connectivity index (χ1v) is 9.25. The van der Waals surface area contributed by atoms with Crippen molar-refractivity contribution in [2.24, 2.45) is 0 Å². The summed E-state index contributed by atoms with van der Waals surface area (Å²) >= 11 is 1.14.